The molecule has 1 amide bonds. The number of benzene rings is 1. The van der Waals surface area contributed by atoms with Crippen LogP contribution in [-0.4, -0.2) is 68.7 Å². The third-order valence-corrected chi connectivity index (χ3v) is 5.91. The molecule has 0 atom stereocenters. The Kier molecular flexibility index (Phi) is 6.11. The quantitative estimate of drug-likeness (QED) is 0.500. The Balaban J connectivity index is 1.36. The molecule has 0 bridgehead atoms. The van der Waals surface area contributed by atoms with Gasteiger partial charge in [0.25, 0.3) is 5.88 Å². The molecule has 0 radical (unpaired) electrons. The maximum atomic E-state index is 12.6. The van der Waals surface area contributed by atoms with Crippen molar-refractivity contribution in [2.45, 2.75) is 13.1 Å². The summed E-state index contributed by atoms with van der Waals surface area (Å²) >= 11 is 3.34. The number of rotatable bonds is 4. The third kappa shape index (κ3) is 4.35. The highest BCUT2D eigenvalue weighted by Crippen LogP contribution is 2.23. The van der Waals surface area contributed by atoms with Gasteiger partial charge in [-0.25, -0.2) is 13.5 Å². The van der Waals surface area contributed by atoms with Crippen molar-refractivity contribution in [1.82, 2.24) is 18.1 Å². The monoisotopic (exact) mass is 491 g/mol. The summed E-state index contributed by atoms with van der Waals surface area (Å²) in [7, 11) is 0. The number of fused-ring (bicyclic) bond motifs is 1. The zero-order valence-electron chi connectivity index (χ0n) is 16.7. The van der Waals surface area contributed by atoms with Crippen LogP contribution in [0.2, 0.25) is 0 Å². The lowest BCUT2D eigenvalue weighted by molar-refractivity contribution is 0.0773. The van der Waals surface area contributed by atoms with E-state index in [9.17, 15) is 14.7 Å². The highest BCUT2D eigenvalue weighted by molar-refractivity contribution is 9.07. The van der Waals surface area contributed by atoms with E-state index in [0.717, 1.165) is 5.69 Å². The van der Waals surface area contributed by atoms with Crippen molar-refractivity contribution in [3.05, 3.63) is 40.4 Å². The van der Waals surface area contributed by atoms with Gasteiger partial charge in [0.15, 0.2) is 0 Å². The zero-order valence-corrected chi connectivity index (χ0v) is 18.3. The van der Waals surface area contributed by atoms with Gasteiger partial charge in [0.2, 0.25) is 0 Å². The standard InChI is InChI=1S/C20H22BrN5O5/c1-2-13-30-16-5-3-15(4-6-16)22-7-9-23(10-8-22)20(29)31-26-18(27)17-14-24(21)11-12-25(17)19(26)28/h1,3-6,27H,7-14H2. The van der Waals surface area contributed by atoms with Crippen LogP contribution in [0, 0.1) is 12.3 Å². The van der Waals surface area contributed by atoms with Crippen molar-refractivity contribution in [3.63, 3.8) is 0 Å². The first kappa shape index (κ1) is 21.1. The number of carbonyl (C=O) groups is 1. The van der Waals surface area contributed by atoms with E-state index in [1.165, 1.54) is 9.47 Å². The number of terminal acetylenes is 1. The van der Waals surface area contributed by atoms with Crippen LogP contribution in [0.1, 0.15) is 5.69 Å². The average molecular weight is 492 g/mol. The largest absolute Gasteiger partial charge is 0.491 e. The van der Waals surface area contributed by atoms with E-state index in [0.29, 0.717) is 62.0 Å². The first-order valence-corrected chi connectivity index (χ1v) is 10.5. The number of ether oxygens (including phenoxy) is 1. The van der Waals surface area contributed by atoms with E-state index in [4.69, 9.17) is 16.0 Å². The van der Waals surface area contributed by atoms with Crippen molar-refractivity contribution in [3.8, 4) is 24.0 Å². The minimum Gasteiger partial charge on any atom is -0.491 e. The molecule has 0 spiro atoms. The van der Waals surface area contributed by atoms with Gasteiger partial charge >= 0.3 is 11.8 Å². The molecule has 3 heterocycles. The lowest BCUT2D eigenvalue weighted by Crippen LogP contribution is -2.51. The Hall–Kier alpha value is -3.10. The van der Waals surface area contributed by atoms with Crippen molar-refractivity contribution in [2.75, 3.05) is 44.2 Å². The number of amides is 1. The Labute approximate surface area is 187 Å². The number of carbonyl (C=O) groups excluding carboxylic acids is 1. The third-order valence-electron chi connectivity index (χ3n) is 5.30. The molecule has 2 aliphatic rings. The van der Waals surface area contributed by atoms with Crippen LogP contribution in [-0.2, 0) is 13.1 Å². The van der Waals surface area contributed by atoms with E-state index in [1.807, 2.05) is 24.3 Å². The number of nitrogens with zero attached hydrogens (tertiary/aromatic N) is 5. The molecule has 4 rings (SSSR count). The molecule has 1 fully saturated rings. The smallest absolute Gasteiger partial charge is 0.434 e. The molecule has 164 valence electrons. The minimum absolute atomic E-state index is 0.220. The van der Waals surface area contributed by atoms with Crippen molar-refractivity contribution < 1.29 is 19.5 Å². The maximum absolute atomic E-state index is 12.6. The van der Waals surface area contributed by atoms with Gasteiger partial charge in [-0.2, -0.15) is 0 Å². The van der Waals surface area contributed by atoms with Crippen LogP contribution in [0.15, 0.2) is 29.1 Å². The molecule has 1 aromatic carbocycles. The Bertz CT molecular complexity index is 1050. The second-order valence-corrected chi connectivity index (χ2v) is 8.16. The number of halogens is 1. The summed E-state index contributed by atoms with van der Waals surface area (Å²) in [5.74, 6) is 2.77. The molecule has 11 heteroatoms. The second-order valence-electron chi connectivity index (χ2n) is 7.16. The topological polar surface area (TPSA) is 92.4 Å². The van der Waals surface area contributed by atoms with Gasteiger partial charge in [-0.1, -0.05) is 10.7 Å². The molecule has 10 nitrogen and oxygen atoms in total. The Morgan fingerprint density at radius 1 is 1.13 bits per heavy atom. The van der Waals surface area contributed by atoms with Gasteiger partial charge < -0.3 is 24.5 Å². The molecule has 2 aliphatic heterocycles. The maximum Gasteiger partial charge on any atom is 0.434 e. The van der Waals surface area contributed by atoms with Crippen LogP contribution in [0.3, 0.4) is 0 Å². The molecule has 0 unspecified atom stereocenters. The van der Waals surface area contributed by atoms with E-state index < -0.39 is 11.8 Å². The number of aromatic hydroxyl groups is 1. The fraction of sp³-hybridized carbons (Fsp3) is 0.400. The van der Waals surface area contributed by atoms with Crippen LogP contribution in [0.4, 0.5) is 10.5 Å². The number of hydrogen-bond acceptors (Lipinski definition) is 7. The summed E-state index contributed by atoms with van der Waals surface area (Å²) in [5.41, 5.74) is 0.849. The van der Waals surface area contributed by atoms with Gasteiger partial charge in [0.05, 0.1) is 6.54 Å². The summed E-state index contributed by atoms with van der Waals surface area (Å²) < 4.78 is 9.25. The minimum atomic E-state index is -0.672. The second kappa shape index (κ2) is 8.95. The molecule has 2 aromatic rings. The molecule has 0 saturated carbocycles. The Morgan fingerprint density at radius 3 is 2.52 bits per heavy atom. The molecular weight excluding hydrogens is 470 g/mol. The van der Waals surface area contributed by atoms with Gasteiger partial charge in [-0.15, -0.1) is 6.42 Å². The van der Waals surface area contributed by atoms with Crippen LogP contribution < -0.4 is 20.2 Å². The summed E-state index contributed by atoms with van der Waals surface area (Å²) in [5, 5.41) is 10.4. The van der Waals surface area contributed by atoms with Gasteiger partial charge in [0.1, 0.15) is 18.1 Å². The summed E-state index contributed by atoms with van der Waals surface area (Å²) in [6.07, 6.45) is 4.52. The molecule has 0 aliphatic carbocycles. The highest BCUT2D eigenvalue weighted by atomic mass is 79.9. The fourth-order valence-electron chi connectivity index (χ4n) is 3.63. The van der Waals surface area contributed by atoms with Gasteiger partial charge in [0, 0.05) is 61.1 Å². The SMILES string of the molecule is C#CCOc1ccc(N2CCN(C(=O)On3c(O)c4n(c3=O)CCN(Br)C4)CC2)cc1. The lowest BCUT2D eigenvalue weighted by atomic mass is 10.2. The summed E-state index contributed by atoms with van der Waals surface area (Å²) in [4.78, 5) is 34.0. The zero-order chi connectivity index (χ0) is 22.0. The average Bonchev–Trinajstić information content (AvgIpc) is 3.02. The van der Waals surface area contributed by atoms with Gasteiger partial charge in [-0.05, 0) is 24.3 Å². The van der Waals surface area contributed by atoms with Crippen LogP contribution >= 0.6 is 16.1 Å². The summed E-state index contributed by atoms with van der Waals surface area (Å²) in [6.45, 7) is 3.59. The number of piperazine rings is 1. The summed E-state index contributed by atoms with van der Waals surface area (Å²) in [6, 6.07) is 7.59. The first-order chi connectivity index (χ1) is 15.0. The lowest BCUT2D eigenvalue weighted by Gasteiger charge is -2.35. The van der Waals surface area contributed by atoms with E-state index in [1.54, 1.807) is 3.93 Å². The number of anilines is 1. The van der Waals surface area contributed by atoms with Gasteiger partial charge in [-0.3, -0.25) is 4.57 Å². The number of hydrogen-bond donors (Lipinski definition) is 1. The number of aromatic nitrogens is 2. The molecule has 1 saturated heterocycles. The van der Waals surface area contributed by atoms with Crippen molar-refractivity contribution in [1.29, 1.82) is 0 Å². The molecular formula is C20H22BrN5O5. The number of imidazole rings is 1. The molecule has 31 heavy (non-hydrogen) atoms. The van der Waals surface area contributed by atoms with Crippen LogP contribution in [0.25, 0.3) is 0 Å². The molecule has 1 N–H and O–H groups in total. The van der Waals surface area contributed by atoms with Crippen molar-refractivity contribution in [2.24, 2.45) is 0 Å². The molecule has 1 aromatic heterocycles. The van der Waals surface area contributed by atoms with E-state index in [-0.39, 0.29) is 12.5 Å². The van der Waals surface area contributed by atoms with Crippen LogP contribution in [0.5, 0.6) is 11.6 Å². The van der Waals surface area contributed by atoms with E-state index in [2.05, 4.69) is 27.0 Å². The van der Waals surface area contributed by atoms with E-state index >= 15 is 0 Å². The Morgan fingerprint density at radius 2 is 1.84 bits per heavy atom. The predicted molar refractivity (Wildman–Crippen MR) is 116 cm³/mol. The predicted octanol–water partition coefficient (Wildman–Crippen LogP) is 0.864. The normalized spacial score (nSPS) is 16.5. The van der Waals surface area contributed by atoms with Crippen molar-refractivity contribution >= 4 is 27.9 Å². The highest BCUT2D eigenvalue weighted by Gasteiger charge is 2.29. The fourth-order valence-corrected chi connectivity index (χ4v) is 4.03. The first-order valence-electron chi connectivity index (χ1n) is 9.80.